The van der Waals surface area contributed by atoms with E-state index in [4.69, 9.17) is 4.74 Å². The molecule has 7 heteroatoms. The van der Waals surface area contributed by atoms with Crippen molar-refractivity contribution in [1.82, 2.24) is 14.9 Å². The molecule has 0 bridgehead atoms. The minimum atomic E-state index is -0.473. The van der Waals surface area contributed by atoms with Gasteiger partial charge in [0, 0.05) is 12.5 Å². The van der Waals surface area contributed by atoms with Crippen molar-refractivity contribution in [3.8, 4) is 0 Å². The van der Waals surface area contributed by atoms with E-state index in [2.05, 4.69) is 16.4 Å². The number of carbonyl (C=O) groups excluding carboxylic acids is 2. The van der Waals surface area contributed by atoms with Crippen molar-refractivity contribution in [1.29, 1.82) is 0 Å². The summed E-state index contributed by atoms with van der Waals surface area (Å²) < 4.78 is 6.95. The van der Waals surface area contributed by atoms with Crippen molar-refractivity contribution in [3.05, 3.63) is 75.8 Å². The first kappa shape index (κ1) is 21.4. The van der Waals surface area contributed by atoms with Gasteiger partial charge in [-0.2, -0.15) is 0 Å². The molecule has 1 heterocycles. The molecule has 0 saturated heterocycles. The number of para-hydroxylation sites is 1. The van der Waals surface area contributed by atoms with Gasteiger partial charge in [-0.1, -0.05) is 36.4 Å². The maximum absolute atomic E-state index is 12.9. The lowest BCUT2D eigenvalue weighted by Crippen LogP contribution is -2.34. The Kier molecular flexibility index (Phi) is 5.94. The van der Waals surface area contributed by atoms with Crippen LogP contribution in [0.2, 0.25) is 0 Å². The Bertz CT molecular complexity index is 1260. The maximum Gasteiger partial charge on any atom is 0.306 e. The molecular formula is C26H27N3O4. The van der Waals surface area contributed by atoms with Crippen molar-refractivity contribution >= 4 is 22.8 Å². The SMILES string of the molecule is O=C(COC(=O)CCc1nc2ccccc2c(=O)n1C1CC1)NC1CCCc2ccccc21. The van der Waals surface area contributed by atoms with E-state index in [0.717, 1.165) is 37.7 Å². The summed E-state index contributed by atoms with van der Waals surface area (Å²) in [5.74, 6) is -0.177. The van der Waals surface area contributed by atoms with Crippen LogP contribution in [0.5, 0.6) is 0 Å². The third-order valence-electron chi connectivity index (χ3n) is 6.41. The van der Waals surface area contributed by atoms with Gasteiger partial charge < -0.3 is 10.1 Å². The number of amides is 1. The van der Waals surface area contributed by atoms with Gasteiger partial charge in [0.05, 0.1) is 23.4 Å². The van der Waals surface area contributed by atoms with Crippen LogP contribution in [0.1, 0.15) is 61.1 Å². The Morgan fingerprint density at radius 1 is 1.06 bits per heavy atom. The lowest BCUT2D eigenvalue weighted by molar-refractivity contribution is -0.148. The fraction of sp³-hybridized carbons (Fsp3) is 0.385. The highest BCUT2D eigenvalue weighted by Crippen LogP contribution is 2.35. The zero-order valence-corrected chi connectivity index (χ0v) is 18.5. The number of hydrogen-bond acceptors (Lipinski definition) is 5. The fourth-order valence-electron chi connectivity index (χ4n) is 4.65. The number of ether oxygens (including phenoxy) is 1. The second kappa shape index (κ2) is 9.17. The summed E-state index contributed by atoms with van der Waals surface area (Å²) in [7, 11) is 0. The monoisotopic (exact) mass is 445 g/mol. The first-order valence-corrected chi connectivity index (χ1v) is 11.6. The highest BCUT2D eigenvalue weighted by Gasteiger charge is 2.28. The van der Waals surface area contributed by atoms with Crippen molar-refractivity contribution in [2.75, 3.05) is 6.61 Å². The number of hydrogen-bond donors (Lipinski definition) is 1. The molecule has 1 amide bonds. The van der Waals surface area contributed by atoms with E-state index >= 15 is 0 Å². The molecule has 1 atom stereocenters. The zero-order chi connectivity index (χ0) is 22.8. The van der Waals surface area contributed by atoms with Gasteiger partial charge in [-0.3, -0.25) is 19.0 Å². The Morgan fingerprint density at radius 2 is 1.85 bits per heavy atom. The third-order valence-corrected chi connectivity index (χ3v) is 6.41. The quantitative estimate of drug-likeness (QED) is 0.563. The molecule has 1 saturated carbocycles. The lowest BCUT2D eigenvalue weighted by atomic mass is 9.88. The van der Waals surface area contributed by atoms with Crippen molar-refractivity contribution in [3.63, 3.8) is 0 Å². The summed E-state index contributed by atoms with van der Waals surface area (Å²) in [4.78, 5) is 42.3. The summed E-state index contributed by atoms with van der Waals surface area (Å²) in [5.41, 5.74) is 2.98. The van der Waals surface area contributed by atoms with Crippen LogP contribution in [0.4, 0.5) is 0 Å². The normalized spacial score (nSPS) is 17.4. The molecule has 33 heavy (non-hydrogen) atoms. The molecule has 170 valence electrons. The Hall–Kier alpha value is -3.48. The molecule has 1 N–H and O–H groups in total. The summed E-state index contributed by atoms with van der Waals surface area (Å²) >= 11 is 0. The number of benzene rings is 2. The van der Waals surface area contributed by atoms with E-state index in [0.29, 0.717) is 23.1 Å². The van der Waals surface area contributed by atoms with E-state index in [9.17, 15) is 14.4 Å². The first-order chi connectivity index (χ1) is 16.1. The maximum atomic E-state index is 12.9. The number of aryl methyl sites for hydroxylation is 2. The van der Waals surface area contributed by atoms with Crippen LogP contribution in [0.3, 0.4) is 0 Å². The van der Waals surface area contributed by atoms with Crippen LogP contribution in [0.25, 0.3) is 10.9 Å². The van der Waals surface area contributed by atoms with Gasteiger partial charge in [-0.25, -0.2) is 4.98 Å². The summed E-state index contributed by atoms with van der Waals surface area (Å²) in [5, 5.41) is 3.58. The van der Waals surface area contributed by atoms with E-state index in [1.165, 1.54) is 5.56 Å². The minimum absolute atomic E-state index is 0.0454. The smallest absolute Gasteiger partial charge is 0.306 e. The summed E-state index contributed by atoms with van der Waals surface area (Å²) in [6, 6.07) is 15.5. The minimum Gasteiger partial charge on any atom is -0.456 e. The topological polar surface area (TPSA) is 90.3 Å². The van der Waals surface area contributed by atoms with Gasteiger partial charge >= 0.3 is 5.97 Å². The van der Waals surface area contributed by atoms with E-state index in [-0.39, 0.29) is 36.6 Å². The second-order valence-electron chi connectivity index (χ2n) is 8.82. The Balaban J connectivity index is 1.18. The van der Waals surface area contributed by atoms with Crippen LogP contribution < -0.4 is 10.9 Å². The van der Waals surface area contributed by atoms with Crippen LogP contribution in [-0.4, -0.2) is 28.0 Å². The number of fused-ring (bicyclic) bond motifs is 2. The van der Waals surface area contributed by atoms with Crippen LogP contribution in [-0.2, 0) is 27.2 Å². The average molecular weight is 446 g/mol. The molecule has 0 radical (unpaired) electrons. The molecule has 0 spiro atoms. The van der Waals surface area contributed by atoms with Crippen LogP contribution in [0, 0.1) is 0 Å². The number of esters is 1. The summed E-state index contributed by atoms with van der Waals surface area (Å²) in [6.07, 6.45) is 5.17. The molecule has 3 aromatic rings. The van der Waals surface area contributed by atoms with Crippen molar-refractivity contribution in [2.24, 2.45) is 0 Å². The largest absolute Gasteiger partial charge is 0.456 e. The molecule has 1 unspecified atom stereocenters. The Morgan fingerprint density at radius 3 is 2.70 bits per heavy atom. The van der Waals surface area contributed by atoms with Gasteiger partial charge in [-0.05, 0) is 55.4 Å². The molecule has 2 aromatic carbocycles. The zero-order valence-electron chi connectivity index (χ0n) is 18.5. The predicted octanol–water partition coefficient (Wildman–Crippen LogP) is 3.40. The van der Waals surface area contributed by atoms with E-state index in [1.807, 2.05) is 36.4 Å². The Labute approximate surface area is 191 Å². The number of nitrogens with one attached hydrogen (secondary N) is 1. The van der Waals surface area contributed by atoms with E-state index in [1.54, 1.807) is 10.6 Å². The van der Waals surface area contributed by atoms with Crippen molar-refractivity contribution in [2.45, 2.75) is 57.0 Å². The molecule has 2 aliphatic carbocycles. The molecule has 2 aliphatic rings. The number of nitrogens with zero attached hydrogens (tertiary/aromatic N) is 2. The predicted molar refractivity (Wildman–Crippen MR) is 124 cm³/mol. The molecule has 1 fully saturated rings. The number of aromatic nitrogens is 2. The van der Waals surface area contributed by atoms with Crippen molar-refractivity contribution < 1.29 is 14.3 Å². The lowest BCUT2D eigenvalue weighted by Gasteiger charge is -2.26. The summed E-state index contributed by atoms with van der Waals surface area (Å²) in [6.45, 7) is -0.307. The van der Waals surface area contributed by atoms with Gasteiger partial charge in [-0.15, -0.1) is 0 Å². The molecule has 7 nitrogen and oxygen atoms in total. The van der Waals surface area contributed by atoms with E-state index < -0.39 is 5.97 Å². The average Bonchev–Trinajstić information content (AvgIpc) is 3.67. The second-order valence-corrected chi connectivity index (χ2v) is 8.82. The third kappa shape index (κ3) is 4.67. The highest BCUT2D eigenvalue weighted by molar-refractivity contribution is 5.81. The highest BCUT2D eigenvalue weighted by atomic mass is 16.5. The number of carbonyl (C=O) groups is 2. The van der Waals surface area contributed by atoms with Gasteiger partial charge in [0.2, 0.25) is 0 Å². The van der Waals surface area contributed by atoms with Gasteiger partial charge in [0.25, 0.3) is 11.5 Å². The van der Waals surface area contributed by atoms with Crippen LogP contribution in [0.15, 0.2) is 53.3 Å². The molecule has 5 rings (SSSR count). The fourth-order valence-corrected chi connectivity index (χ4v) is 4.65. The molecular weight excluding hydrogens is 418 g/mol. The molecule has 0 aliphatic heterocycles. The van der Waals surface area contributed by atoms with Gasteiger partial charge in [0.15, 0.2) is 6.61 Å². The van der Waals surface area contributed by atoms with Crippen LogP contribution >= 0.6 is 0 Å². The first-order valence-electron chi connectivity index (χ1n) is 11.6. The standard InChI is InChI=1S/C26H27N3O4/c30-24(28-21-11-5-7-17-6-1-2-8-19(17)21)16-33-25(31)15-14-23-27-22-10-4-3-9-20(22)26(32)29(23)18-12-13-18/h1-4,6,8-10,18,21H,5,7,11-16H2,(H,28,30). The van der Waals surface area contributed by atoms with Gasteiger partial charge in [0.1, 0.15) is 5.82 Å². The number of rotatable bonds is 7. The molecule has 1 aromatic heterocycles.